The molecule has 0 N–H and O–H groups in total. The summed E-state index contributed by atoms with van der Waals surface area (Å²) in [6, 6.07) is 3.55. The normalized spacial score (nSPS) is 11.1. The Morgan fingerprint density at radius 1 is 1.20 bits per heavy atom. The van der Waals surface area contributed by atoms with Crippen LogP contribution in [0.25, 0.3) is 5.69 Å². The molecule has 0 atom stereocenters. The molecule has 130 valence electrons. The van der Waals surface area contributed by atoms with Gasteiger partial charge in [0.25, 0.3) is 6.43 Å². The van der Waals surface area contributed by atoms with Gasteiger partial charge in [-0.15, -0.1) is 5.10 Å². The van der Waals surface area contributed by atoms with Crippen molar-refractivity contribution >= 4 is 0 Å². The molecule has 0 amide bonds. The standard InChI is InChI=1S/C16H14F3N5O/c1-2-10-6-20-16(21-7-10)25-9-11-8-24(23-22-11)12-3-4-14(17)13(5-12)15(18)19/h3-8,15H,2,9H2,1H3. The molecular weight excluding hydrogens is 335 g/mol. The van der Waals surface area contributed by atoms with Crippen LogP contribution in [0.15, 0.2) is 36.8 Å². The maximum atomic E-state index is 13.3. The first-order chi connectivity index (χ1) is 12.1. The van der Waals surface area contributed by atoms with Crippen LogP contribution in [0.1, 0.15) is 30.2 Å². The van der Waals surface area contributed by atoms with Crippen molar-refractivity contribution in [2.75, 3.05) is 0 Å². The lowest BCUT2D eigenvalue weighted by Gasteiger charge is -2.05. The quantitative estimate of drug-likeness (QED) is 0.683. The van der Waals surface area contributed by atoms with Gasteiger partial charge in [-0.3, -0.25) is 0 Å². The monoisotopic (exact) mass is 349 g/mol. The van der Waals surface area contributed by atoms with Crippen molar-refractivity contribution in [1.82, 2.24) is 25.0 Å². The molecule has 0 aliphatic carbocycles. The van der Waals surface area contributed by atoms with Crippen molar-refractivity contribution in [3.63, 3.8) is 0 Å². The van der Waals surface area contributed by atoms with E-state index in [0.29, 0.717) is 5.69 Å². The SMILES string of the molecule is CCc1cnc(OCc2cn(-c3ccc(F)c(C(F)F)c3)nn2)nc1. The zero-order valence-corrected chi connectivity index (χ0v) is 13.2. The minimum atomic E-state index is -2.91. The van der Waals surface area contributed by atoms with E-state index in [4.69, 9.17) is 4.74 Å². The van der Waals surface area contributed by atoms with Gasteiger partial charge < -0.3 is 4.74 Å². The second-order valence-electron chi connectivity index (χ2n) is 5.18. The molecule has 3 rings (SSSR count). The molecule has 0 unspecified atom stereocenters. The highest BCUT2D eigenvalue weighted by Gasteiger charge is 2.15. The van der Waals surface area contributed by atoms with Crippen molar-refractivity contribution in [2.45, 2.75) is 26.4 Å². The summed E-state index contributed by atoms with van der Waals surface area (Å²) in [4.78, 5) is 8.11. The summed E-state index contributed by atoms with van der Waals surface area (Å²) < 4.78 is 45.6. The van der Waals surface area contributed by atoms with E-state index in [1.54, 1.807) is 12.4 Å². The van der Waals surface area contributed by atoms with Crippen LogP contribution >= 0.6 is 0 Å². The number of aryl methyl sites for hydroxylation is 1. The summed E-state index contributed by atoms with van der Waals surface area (Å²) in [7, 11) is 0. The summed E-state index contributed by atoms with van der Waals surface area (Å²) in [6.07, 6.45) is 2.76. The predicted octanol–water partition coefficient (Wildman–Crippen LogP) is 3.28. The van der Waals surface area contributed by atoms with Crippen molar-refractivity contribution in [2.24, 2.45) is 0 Å². The fraction of sp³-hybridized carbons (Fsp3) is 0.250. The third-order valence-corrected chi connectivity index (χ3v) is 3.46. The Bertz CT molecular complexity index is 851. The second-order valence-corrected chi connectivity index (χ2v) is 5.18. The maximum absolute atomic E-state index is 13.3. The lowest BCUT2D eigenvalue weighted by atomic mass is 10.2. The van der Waals surface area contributed by atoms with E-state index in [0.717, 1.165) is 24.1 Å². The van der Waals surface area contributed by atoms with Crippen molar-refractivity contribution in [3.8, 4) is 11.7 Å². The van der Waals surface area contributed by atoms with Crippen molar-refractivity contribution < 1.29 is 17.9 Å². The minimum Gasteiger partial charge on any atom is -0.457 e. The van der Waals surface area contributed by atoms with E-state index in [9.17, 15) is 13.2 Å². The van der Waals surface area contributed by atoms with E-state index in [1.165, 1.54) is 16.9 Å². The number of aromatic nitrogens is 5. The Balaban J connectivity index is 1.70. The van der Waals surface area contributed by atoms with Crippen LogP contribution in [0.4, 0.5) is 13.2 Å². The minimum absolute atomic E-state index is 0.0639. The Labute approximate surface area is 141 Å². The zero-order chi connectivity index (χ0) is 17.8. The van der Waals surface area contributed by atoms with E-state index in [2.05, 4.69) is 20.3 Å². The van der Waals surface area contributed by atoms with Crippen LogP contribution in [-0.4, -0.2) is 25.0 Å². The van der Waals surface area contributed by atoms with Gasteiger partial charge in [-0.2, -0.15) is 0 Å². The summed E-state index contributed by atoms with van der Waals surface area (Å²) >= 11 is 0. The molecule has 0 saturated heterocycles. The molecule has 2 aromatic heterocycles. The van der Waals surface area contributed by atoms with Crippen LogP contribution in [-0.2, 0) is 13.0 Å². The largest absolute Gasteiger partial charge is 0.457 e. The van der Waals surface area contributed by atoms with Crippen molar-refractivity contribution in [3.05, 3.63) is 59.4 Å². The van der Waals surface area contributed by atoms with Crippen LogP contribution in [0, 0.1) is 5.82 Å². The average Bonchev–Trinajstić information content (AvgIpc) is 3.09. The molecule has 0 fully saturated rings. The van der Waals surface area contributed by atoms with E-state index < -0.39 is 17.8 Å². The molecular formula is C16H14F3N5O. The molecule has 0 bridgehead atoms. The van der Waals surface area contributed by atoms with E-state index >= 15 is 0 Å². The van der Waals surface area contributed by atoms with Gasteiger partial charge >= 0.3 is 6.01 Å². The van der Waals surface area contributed by atoms with Crippen LogP contribution < -0.4 is 4.74 Å². The van der Waals surface area contributed by atoms with E-state index in [-0.39, 0.29) is 18.3 Å². The lowest BCUT2D eigenvalue weighted by molar-refractivity contribution is 0.146. The summed E-state index contributed by atoms with van der Waals surface area (Å²) in [5.41, 5.74) is 1.03. The first-order valence-electron chi connectivity index (χ1n) is 7.49. The highest BCUT2D eigenvalue weighted by atomic mass is 19.3. The number of ether oxygens (including phenoxy) is 1. The maximum Gasteiger partial charge on any atom is 0.316 e. The van der Waals surface area contributed by atoms with Gasteiger partial charge in [-0.05, 0) is 30.2 Å². The Hall–Kier alpha value is -2.97. The predicted molar refractivity (Wildman–Crippen MR) is 82.0 cm³/mol. The second kappa shape index (κ2) is 7.29. The molecule has 0 saturated carbocycles. The summed E-state index contributed by atoms with van der Waals surface area (Å²) in [5.74, 6) is -0.963. The molecule has 9 heteroatoms. The number of hydrogen-bond donors (Lipinski definition) is 0. The van der Waals surface area contributed by atoms with Crippen LogP contribution in [0.3, 0.4) is 0 Å². The topological polar surface area (TPSA) is 65.7 Å². The highest BCUT2D eigenvalue weighted by Crippen LogP contribution is 2.24. The smallest absolute Gasteiger partial charge is 0.316 e. The fourth-order valence-corrected chi connectivity index (χ4v) is 2.07. The summed E-state index contributed by atoms with van der Waals surface area (Å²) in [5, 5.41) is 7.72. The average molecular weight is 349 g/mol. The van der Waals surface area contributed by atoms with Gasteiger partial charge in [0.1, 0.15) is 18.1 Å². The number of benzene rings is 1. The van der Waals surface area contributed by atoms with Gasteiger partial charge in [-0.25, -0.2) is 27.8 Å². The number of nitrogens with zero attached hydrogens (tertiary/aromatic N) is 5. The first-order valence-corrected chi connectivity index (χ1v) is 7.49. The fourth-order valence-electron chi connectivity index (χ4n) is 2.07. The molecule has 25 heavy (non-hydrogen) atoms. The molecule has 0 spiro atoms. The van der Waals surface area contributed by atoms with Crippen LogP contribution in [0.2, 0.25) is 0 Å². The number of halogens is 3. The molecule has 0 aliphatic heterocycles. The molecule has 0 aliphatic rings. The van der Waals surface area contributed by atoms with Gasteiger partial charge in [-0.1, -0.05) is 12.1 Å². The molecule has 1 aromatic carbocycles. The van der Waals surface area contributed by atoms with Crippen molar-refractivity contribution in [1.29, 1.82) is 0 Å². The molecule has 3 aromatic rings. The molecule has 6 nitrogen and oxygen atoms in total. The zero-order valence-electron chi connectivity index (χ0n) is 13.2. The number of rotatable bonds is 6. The van der Waals surface area contributed by atoms with Gasteiger partial charge in [0.2, 0.25) is 0 Å². The lowest BCUT2D eigenvalue weighted by Crippen LogP contribution is -2.00. The number of hydrogen-bond acceptors (Lipinski definition) is 5. The third-order valence-electron chi connectivity index (χ3n) is 3.46. The van der Waals surface area contributed by atoms with Gasteiger partial charge in [0, 0.05) is 12.4 Å². The van der Waals surface area contributed by atoms with E-state index in [1.807, 2.05) is 6.92 Å². The van der Waals surface area contributed by atoms with Gasteiger partial charge in [0.15, 0.2) is 0 Å². The first kappa shape index (κ1) is 16.9. The Morgan fingerprint density at radius 2 is 1.96 bits per heavy atom. The Morgan fingerprint density at radius 3 is 2.64 bits per heavy atom. The highest BCUT2D eigenvalue weighted by molar-refractivity contribution is 5.36. The summed E-state index contributed by atoms with van der Waals surface area (Å²) in [6.45, 7) is 2.06. The Kier molecular flexibility index (Phi) is 4.92. The molecule has 0 radical (unpaired) electrons. The van der Waals surface area contributed by atoms with Gasteiger partial charge in [0.05, 0.1) is 17.4 Å². The van der Waals surface area contributed by atoms with Crippen LogP contribution in [0.5, 0.6) is 6.01 Å². The molecule has 2 heterocycles. The number of alkyl halides is 2. The third kappa shape index (κ3) is 3.93.